The summed E-state index contributed by atoms with van der Waals surface area (Å²) in [5.41, 5.74) is 1.04. The number of thioether (sulfide) groups is 1. The average Bonchev–Trinajstić information content (AvgIpc) is 2.94. The summed E-state index contributed by atoms with van der Waals surface area (Å²) in [6, 6.07) is 2.70. The Morgan fingerprint density at radius 3 is 3.35 bits per heavy atom. The number of aromatic nitrogens is 2. The standard InChI is InChI=1S/C12H18N4S/c1-16-6-5-10(15-16)7-13-12-14-11-4-2-3-9(11)8-17-12/h5-6,9,11H,2-4,7-8H2,1H3,(H,13,14). The summed E-state index contributed by atoms with van der Waals surface area (Å²) in [5, 5.41) is 9.01. The molecule has 92 valence electrons. The zero-order valence-electron chi connectivity index (χ0n) is 10.1. The van der Waals surface area contributed by atoms with Gasteiger partial charge in [0.05, 0.1) is 12.2 Å². The molecule has 2 atom stereocenters. The van der Waals surface area contributed by atoms with Crippen molar-refractivity contribution < 1.29 is 0 Å². The van der Waals surface area contributed by atoms with Gasteiger partial charge in [-0.1, -0.05) is 18.2 Å². The highest BCUT2D eigenvalue weighted by atomic mass is 32.2. The molecule has 0 aromatic carbocycles. The van der Waals surface area contributed by atoms with Crippen LogP contribution in [0.2, 0.25) is 0 Å². The van der Waals surface area contributed by atoms with Crippen LogP contribution in [0.4, 0.5) is 0 Å². The Bertz CT molecular complexity index is 426. The SMILES string of the molecule is Cn1ccc(CN=C2NC3CCCC3CS2)n1. The fourth-order valence-corrected chi connectivity index (χ4v) is 3.77. The molecule has 3 rings (SSSR count). The molecule has 4 nitrogen and oxygen atoms in total. The van der Waals surface area contributed by atoms with E-state index >= 15 is 0 Å². The molecule has 2 unspecified atom stereocenters. The zero-order valence-corrected chi connectivity index (χ0v) is 10.9. The molecular weight excluding hydrogens is 232 g/mol. The van der Waals surface area contributed by atoms with E-state index in [0.717, 1.165) is 16.8 Å². The highest BCUT2D eigenvalue weighted by molar-refractivity contribution is 8.13. The topological polar surface area (TPSA) is 42.2 Å². The maximum atomic E-state index is 4.62. The van der Waals surface area contributed by atoms with Crippen molar-refractivity contribution >= 4 is 16.9 Å². The van der Waals surface area contributed by atoms with Gasteiger partial charge in [-0.15, -0.1) is 0 Å². The van der Waals surface area contributed by atoms with E-state index in [1.165, 1.54) is 25.0 Å². The quantitative estimate of drug-likeness (QED) is 0.870. The second-order valence-electron chi connectivity index (χ2n) is 4.85. The molecule has 17 heavy (non-hydrogen) atoms. The van der Waals surface area contributed by atoms with Gasteiger partial charge in [0.2, 0.25) is 0 Å². The summed E-state index contributed by atoms with van der Waals surface area (Å²) >= 11 is 1.87. The molecule has 5 heteroatoms. The summed E-state index contributed by atoms with van der Waals surface area (Å²) in [5.74, 6) is 2.10. The van der Waals surface area contributed by atoms with Crippen LogP contribution in [0.3, 0.4) is 0 Å². The molecular formula is C12H18N4S. The van der Waals surface area contributed by atoms with Crippen LogP contribution in [0.1, 0.15) is 25.0 Å². The number of nitrogens with zero attached hydrogens (tertiary/aromatic N) is 3. The summed E-state index contributed by atoms with van der Waals surface area (Å²) in [4.78, 5) is 4.62. The Labute approximate surface area is 106 Å². The molecule has 2 heterocycles. The minimum atomic E-state index is 0.679. The summed E-state index contributed by atoms with van der Waals surface area (Å²) in [7, 11) is 1.94. The van der Waals surface area contributed by atoms with Crippen molar-refractivity contribution in [1.82, 2.24) is 15.1 Å². The highest BCUT2D eigenvalue weighted by Gasteiger charge is 2.31. The monoisotopic (exact) mass is 250 g/mol. The van der Waals surface area contributed by atoms with Gasteiger partial charge in [0.25, 0.3) is 0 Å². The van der Waals surface area contributed by atoms with Gasteiger partial charge in [0.1, 0.15) is 0 Å². The van der Waals surface area contributed by atoms with Crippen LogP contribution in [0.15, 0.2) is 17.3 Å². The normalized spacial score (nSPS) is 30.3. The first kappa shape index (κ1) is 11.1. The second-order valence-corrected chi connectivity index (χ2v) is 5.86. The van der Waals surface area contributed by atoms with Gasteiger partial charge in [0.15, 0.2) is 5.17 Å². The molecule has 2 aliphatic rings. The predicted octanol–water partition coefficient (Wildman–Crippen LogP) is 1.78. The molecule has 2 fully saturated rings. The van der Waals surface area contributed by atoms with Gasteiger partial charge in [-0.05, 0) is 24.8 Å². The van der Waals surface area contributed by atoms with Crippen molar-refractivity contribution in [2.45, 2.75) is 31.8 Å². The van der Waals surface area contributed by atoms with Gasteiger partial charge in [-0.2, -0.15) is 5.10 Å². The molecule has 1 saturated heterocycles. The number of rotatable bonds is 2. The molecule has 1 aliphatic carbocycles. The van der Waals surface area contributed by atoms with E-state index < -0.39 is 0 Å². The lowest BCUT2D eigenvalue weighted by atomic mass is 10.1. The molecule has 1 aliphatic heterocycles. The van der Waals surface area contributed by atoms with E-state index in [4.69, 9.17) is 0 Å². The Morgan fingerprint density at radius 2 is 2.53 bits per heavy atom. The molecule has 1 saturated carbocycles. The smallest absolute Gasteiger partial charge is 0.157 e. The lowest BCUT2D eigenvalue weighted by molar-refractivity contribution is 0.489. The number of aliphatic imine (C=N–C) groups is 1. The molecule has 0 amide bonds. The number of fused-ring (bicyclic) bond motifs is 1. The lowest BCUT2D eigenvalue weighted by Gasteiger charge is -2.27. The van der Waals surface area contributed by atoms with Crippen molar-refractivity contribution in [2.75, 3.05) is 5.75 Å². The van der Waals surface area contributed by atoms with E-state index in [2.05, 4.69) is 15.4 Å². The Hall–Kier alpha value is -0.970. The first-order valence-corrected chi connectivity index (χ1v) is 7.22. The number of aryl methyl sites for hydroxylation is 1. The van der Waals surface area contributed by atoms with Crippen LogP contribution >= 0.6 is 11.8 Å². The summed E-state index contributed by atoms with van der Waals surface area (Å²) in [6.45, 7) is 0.688. The van der Waals surface area contributed by atoms with Crippen molar-refractivity contribution in [2.24, 2.45) is 18.0 Å². The van der Waals surface area contributed by atoms with Gasteiger partial charge >= 0.3 is 0 Å². The molecule has 1 aromatic heterocycles. The van der Waals surface area contributed by atoms with E-state index in [9.17, 15) is 0 Å². The van der Waals surface area contributed by atoms with Crippen molar-refractivity contribution in [3.8, 4) is 0 Å². The summed E-state index contributed by atoms with van der Waals surface area (Å²) in [6.07, 6.45) is 6.03. The number of hydrogen-bond acceptors (Lipinski definition) is 3. The van der Waals surface area contributed by atoms with E-state index in [1.807, 2.05) is 35.8 Å². The maximum Gasteiger partial charge on any atom is 0.157 e. The van der Waals surface area contributed by atoms with Crippen LogP contribution in [0.5, 0.6) is 0 Å². The van der Waals surface area contributed by atoms with E-state index in [1.54, 1.807) is 0 Å². The van der Waals surface area contributed by atoms with Crippen molar-refractivity contribution in [1.29, 1.82) is 0 Å². The number of hydrogen-bond donors (Lipinski definition) is 1. The Balaban J connectivity index is 1.61. The third-order valence-corrected chi connectivity index (χ3v) is 4.67. The zero-order chi connectivity index (χ0) is 11.7. The van der Waals surface area contributed by atoms with Gasteiger partial charge in [-0.25, -0.2) is 0 Å². The van der Waals surface area contributed by atoms with Gasteiger partial charge in [0, 0.05) is 25.0 Å². The fraction of sp³-hybridized carbons (Fsp3) is 0.667. The van der Waals surface area contributed by atoms with Crippen LogP contribution < -0.4 is 5.32 Å². The lowest BCUT2D eigenvalue weighted by Crippen LogP contribution is -2.41. The summed E-state index contributed by atoms with van der Waals surface area (Å²) < 4.78 is 1.82. The first-order valence-electron chi connectivity index (χ1n) is 6.23. The van der Waals surface area contributed by atoms with Crippen LogP contribution in [-0.2, 0) is 13.6 Å². The van der Waals surface area contributed by atoms with Gasteiger partial charge in [-0.3, -0.25) is 9.67 Å². The molecule has 0 radical (unpaired) electrons. The van der Waals surface area contributed by atoms with Gasteiger partial charge < -0.3 is 5.32 Å². The maximum absolute atomic E-state index is 4.62. The predicted molar refractivity (Wildman–Crippen MR) is 71.1 cm³/mol. The minimum absolute atomic E-state index is 0.679. The highest BCUT2D eigenvalue weighted by Crippen LogP contribution is 2.32. The van der Waals surface area contributed by atoms with Crippen LogP contribution in [0, 0.1) is 5.92 Å². The molecule has 0 bridgehead atoms. The largest absolute Gasteiger partial charge is 0.362 e. The number of amidine groups is 1. The van der Waals surface area contributed by atoms with Crippen molar-refractivity contribution in [3.63, 3.8) is 0 Å². The molecule has 1 N–H and O–H groups in total. The van der Waals surface area contributed by atoms with E-state index in [-0.39, 0.29) is 0 Å². The molecule has 0 spiro atoms. The van der Waals surface area contributed by atoms with Crippen LogP contribution in [0.25, 0.3) is 0 Å². The van der Waals surface area contributed by atoms with Crippen LogP contribution in [-0.4, -0.2) is 26.7 Å². The fourth-order valence-electron chi connectivity index (χ4n) is 2.60. The second kappa shape index (κ2) is 4.72. The molecule has 1 aromatic rings. The Kier molecular flexibility index (Phi) is 3.09. The Morgan fingerprint density at radius 1 is 1.59 bits per heavy atom. The third-order valence-electron chi connectivity index (χ3n) is 3.56. The first-order chi connectivity index (χ1) is 8.31. The third kappa shape index (κ3) is 2.49. The minimum Gasteiger partial charge on any atom is -0.362 e. The van der Waals surface area contributed by atoms with Crippen molar-refractivity contribution in [3.05, 3.63) is 18.0 Å². The average molecular weight is 250 g/mol. The van der Waals surface area contributed by atoms with E-state index in [0.29, 0.717) is 12.6 Å². The number of nitrogens with one attached hydrogen (secondary N) is 1.